The molecule has 3 aromatic rings. The van der Waals surface area contributed by atoms with Crippen LogP contribution >= 0.6 is 0 Å². The quantitative estimate of drug-likeness (QED) is 0.685. The molecule has 0 aliphatic heterocycles. The van der Waals surface area contributed by atoms with E-state index in [4.69, 9.17) is 0 Å². The molecule has 3 aromatic heterocycles. The van der Waals surface area contributed by atoms with Crippen LogP contribution in [0.15, 0.2) is 46.0 Å². The lowest BCUT2D eigenvalue weighted by Gasteiger charge is -2.05. The van der Waals surface area contributed by atoms with Gasteiger partial charge in [0.2, 0.25) is 5.82 Å². The largest absolute Gasteiger partial charge is 0.471 e. The number of halogens is 4. The number of aromatic nitrogens is 4. The third-order valence-electron chi connectivity index (χ3n) is 3.04. The highest BCUT2D eigenvalue weighted by Crippen LogP contribution is 2.29. The molecule has 0 fully saturated rings. The molecule has 0 N–H and O–H groups in total. The first kappa shape index (κ1) is 15.8. The summed E-state index contributed by atoms with van der Waals surface area (Å²) in [5.74, 6) is -2.33. The van der Waals surface area contributed by atoms with E-state index in [2.05, 4.69) is 19.6 Å². The Balaban J connectivity index is 1.86. The summed E-state index contributed by atoms with van der Waals surface area (Å²) in [5, 5.41) is 3.21. The minimum absolute atomic E-state index is 0.0828. The normalized spacial score (nSPS) is 11.7. The van der Waals surface area contributed by atoms with Gasteiger partial charge in [-0.2, -0.15) is 18.2 Å². The number of pyridine rings is 2. The summed E-state index contributed by atoms with van der Waals surface area (Å²) in [7, 11) is 0. The predicted octanol–water partition coefficient (Wildman–Crippen LogP) is 2.50. The lowest BCUT2D eigenvalue weighted by molar-refractivity contribution is -0.159. The van der Waals surface area contributed by atoms with Crippen LogP contribution in [0.4, 0.5) is 17.6 Å². The van der Waals surface area contributed by atoms with E-state index >= 15 is 0 Å². The van der Waals surface area contributed by atoms with Crippen LogP contribution in [0.3, 0.4) is 0 Å². The van der Waals surface area contributed by atoms with E-state index in [0.29, 0.717) is 5.69 Å². The van der Waals surface area contributed by atoms with E-state index < -0.39 is 23.4 Å². The SMILES string of the molecule is O=c1cc(-c2noc(C(F)(F)F)n2)ccn1Cc1ccc(F)cn1. The second kappa shape index (κ2) is 5.87. The second-order valence-corrected chi connectivity index (χ2v) is 4.77. The zero-order valence-electron chi connectivity index (χ0n) is 11.8. The van der Waals surface area contributed by atoms with Crippen molar-refractivity contribution in [2.24, 2.45) is 0 Å². The van der Waals surface area contributed by atoms with Gasteiger partial charge in [0.15, 0.2) is 0 Å². The number of hydrogen-bond donors (Lipinski definition) is 0. The van der Waals surface area contributed by atoms with Crippen LogP contribution < -0.4 is 5.56 Å². The third-order valence-corrected chi connectivity index (χ3v) is 3.04. The average Bonchev–Trinajstić information content (AvgIpc) is 3.01. The Morgan fingerprint density at radius 1 is 1.21 bits per heavy atom. The smallest absolute Gasteiger partial charge is 0.329 e. The fraction of sp³-hybridized carbons (Fsp3) is 0.143. The molecule has 0 atom stereocenters. The molecule has 0 saturated carbocycles. The number of nitrogens with zero attached hydrogens (tertiary/aromatic N) is 4. The van der Waals surface area contributed by atoms with Crippen molar-refractivity contribution in [3.63, 3.8) is 0 Å². The molecule has 0 aliphatic rings. The lowest BCUT2D eigenvalue weighted by atomic mass is 10.2. The average molecular weight is 340 g/mol. The van der Waals surface area contributed by atoms with Crippen molar-refractivity contribution >= 4 is 0 Å². The first-order chi connectivity index (χ1) is 11.3. The highest BCUT2D eigenvalue weighted by atomic mass is 19.4. The molecule has 24 heavy (non-hydrogen) atoms. The maximum absolute atomic E-state index is 12.8. The summed E-state index contributed by atoms with van der Waals surface area (Å²) in [6, 6.07) is 5.08. The molecule has 0 amide bonds. The van der Waals surface area contributed by atoms with E-state index in [9.17, 15) is 22.4 Å². The van der Waals surface area contributed by atoms with Gasteiger partial charge in [-0.25, -0.2) is 4.39 Å². The molecule has 0 unspecified atom stereocenters. The molecule has 10 heteroatoms. The highest BCUT2D eigenvalue weighted by Gasteiger charge is 2.38. The Morgan fingerprint density at radius 3 is 2.58 bits per heavy atom. The van der Waals surface area contributed by atoms with E-state index in [-0.39, 0.29) is 17.9 Å². The van der Waals surface area contributed by atoms with Crippen LogP contribution in [-0.2, 0) is 12.7 Å². The van der Waals surface area contributed by atoms with Gasteiger partial charge in [-0.3, -0.25) is 9.78 Å². The molecule has 0 bridgehead atoms. The standard InChI is InChI=1S/C14H8F4N4O2/c15-9-1-2-10(19-6-9)7-22-4-3-8(5-11(22)23)12-20-13(24-21-12)14(16,17)18/h1-6H,7H2. The summed E-state index contributed by atoms with van der Waals surface area (Å²) in [6.45, 7) is 0.0828. The lowest BCUT2D eigenvalue weighted by Crippen LogP contribution is -2.19. The van der Waals surface area contributed by atoms with Crippen molar-refractivity contribution in [3.8, 4) is 11.4 Å². The van der Waals surface area contributed by atoms with Crippen LogP contribution in [0.1, 0.15) is 11.6 Å². The monoisotopic (exact) mass is 340 g/mol. The van der Waals surface area contributed by atoms with Gasteiger partial charge >= 0.3 is 12.1 Å². The molecule has 0 saturated heterocycles. The number of rotatable bonds is 3. The Kier molecular flexibility index (Phi) is 3.87. The third kappa shape index (κ3) is 3.31. The number of alkyl halides is 3. The fourth-order valence-electron chi connectivity index (χ4n) is 1.91. The van der Waals surface area contributed by atoms with Crippen LogP contribution in [-0.4, -0.2) is 19.7 Å². The zero-order chi connectivity index (χ0) is 17.3. The summed E-state index contributed by atoms with van der Waals surface area (Å²) in [5.41, 5.74) is 0.0321. The Morgan fingerprint density at radius 2 is 2.00 bits per heavy atom. The summed E-state index contributed by atoms with van der Waals surface area (Å²) >= 11 is 0. The highest BCUT2D eigenvalue weighted by molar-refractivity contribution is 5.52. The van der Waals surface area contributed by atoms with E-state index in [0.717, 1.165) is 12.3 Å². The van der Waals surface area contributed by atoms with Crippen molar-refractivity contribution in [3.05, 3.63) is 64.4 Å². The van der Waals surface area contributed by atoms with E-state index in [1.165, 1.54) is 29.0 Å². The maximum Gasteiger partial charge on any atom is 0.471 e. The van der Waals surface area contributed by atoms with Gasteiger partial charge in [-0.1, -0.05) is 5.16 Å². The van der Waals surface area contributed by atoms with Gasteiger partial charge in [-0.15, -0.1) is 0 Å². The van der Waals surface area contributed by atoms with Crippen LogP contribution in [0, 0.1) is 5.82 Å². The van der Waals surface area contributed by atoms with Crippen molar-refractivity contribution in [1.29, 1.82) is 0 Å². The van der Waals surface area contributed by atoms with Crippen molar-refractivity contribution < 1.29 is 22.1 Å². The van der Waals surface area contributed by atoms with Gasteiger partial charge in [0.05, 0.1) is 18.4 Å². The summed E-state index contributed by atoms with van der Waals surface area (Å²) in [6.07, 6.45) is -2.38. The van der Waals surface area contributed by atoms with Crippen LogP contribution in [0.5, 0.6) is 0 Å². The Bertz CT molecular complexity index is 916. The summed E-state index contributed by atoms with van der Waals surface area (Å²) < 4.78 is 55.5. The molecular formula is C14H8F4N4O2. The first-order valence-corrected chi connectivity index (χ1v) is 6.55. The Labute approximate surface area is 131 Å². The fourth-order valence-corrected chi connectivity index (χ4v) is 1.91. The van der Waals surface area contributed by atoms with Gasteiger partial charge < -0.3 is 9.09 Å². The molecule has 3 heterocycles. The predicted molar refractivity (Wildman–Crippen MR) is 72.3 cm³/mol. The van der Waals surface area contributed by atoms with Crippen molar-refractivity contribution in [2.75, 3.05) is 0 Å². The molecule has 0 spiro atoms. The second-order valence-electron chi connectivity index (χ2n) is 4.77. The molecular weight excluding hydrogens is 332 g/mol. The molecule has 124 valence electrons. The van der Waals surface area contributed by atoms with E-state index in [1.54, 1.807) is 0 Å². The van der Waals surface area contributed by atoms with E-state index in [1.807, 2.05) is 0 Å². The van der Waals surface area contributed by atoms with Crippen LogP contribution in [0.2, 0.25) is 0 Å². The molecule has 3 rings (SSSR count). The Hall–Kier alpha value is -3.04. The number of hydrogen-bond acceptors (Lipinski definition) is 5. The van der Waals surface area contributed by atoms with Gasteiger partial charge in [0.25, 0.3) is 5.56 Å². The molecule has 0 radical (unpaired) electrons. The van der Waals surface area contributed by atoms with Gasteiger partial charge in [0, 0.05) is 17.8 Å². The zero-order valence-corrected chi connectivity index (χ0v) is 11.8. The minimum atomic E-state index is -4.76. The molecule has 0 aliphatic carbocycles. The van der Waals surface area contributed by atoms with Crippen molar-refractivity contribution in [2.45, 2.75) is 12.7 Å². The van der Waals surface area contributed by atoms with Crippen molar-refractivity contribution in [1.82, 2.24) is 19.7 Å². The van der Waals surface area contributed by atoms with Gasteiger partial charge in [0.1, 0.15) is 5.82 Å². The summed E-state index contributed by atoms with van der Waals surface area (Å²) in [4.78, 5) is 19.1. The molecule has 0 aromatic carbocycles. The minimum Gasteiger partial charge on any atom is -0.329 e. The first-order valence-electron chi connectivity index (χ1n) is 6.55. The topological polar surface area (TPSA) is 73.8 Å². The molecule has 6 nitrogen and oxygen atoms in total. The maximum atomic E-state index is 12.8. The van der Waals surface area contributed by atoms with Crippen LogP contribution in [0.25, 0.3) is 11.4 Å². The van der Waals surface area contributed by atoms with Gasteiger partial charge in [-0.05, 0) is 18.2 Å².